The van der Waals surface area contributed by atoms with Gasteiger partial charge in [-0.3, -0.25) is 10.1 Å². The smallest absolute Gasteiger partial charge is 0.300 e. The summed E-state index contributed by atoms with van der Waals surface area (Å²) in [5, 5.41) is 39.2. The third-order valence-corrected chi connectivity index (χ3v) is 4.39. The summed E-state index contributed by atoms with van der Waals surface area (Å²) in [4.78, 5) is 10.9. The van der Waals surface area contributed by atoms with Gasteiger partial charge in [-0.05, 0) is 11.5 Å². The Morgan fingerprint density at radius 2 is 1.65 bits per heavy atom. The number of nitro benzene ring substituents is 1. The average Bonchev–Trinajstić information content (AvgIpc) is 2.72. The van der Waals surface area contributed by atoms with Crippen LogP contribution in [0, 0.1) is 10.1 Å². The summed E-state index contributed by atoms with van der Waals surface area (Å²) in [5.74, 6) is 0.772. The van der Waals surface area contributed by atoms with Gasteiger partial charge in [-0.1, -0.05) is 20.8 Å². The highest BCUT2D eigenvalue weighted by Gasteiger charge is 2.23. The molecule has 0 spiro atoms. The summed E-state index contributed by atoms with van der Waals surface area (Å²) in [5.41, 5.74) is -0.154. The summed E-state index contributed by atoms with van der Waals surface area (Å²) in [6.07, 6.45) is 0.445. The number of methoxy groups -OCH3 is 2. The van der Waals surface area contributed by atoms with Gasteiger partial charge in [0.05, 0.1) is 31.8 Å². The molecule has 2 N–H and O–H groups in total. The standard InChI is InChI=1S/C21H27N3O7/c1-21(2,3)14-9-13(31-8-6-7-25)10-16(20(14)26)23-22-15-11-18(29-4)19(30-5)12-17(15)24(27)28/h9-12,25-26H,6-8H2,1-5H3. The molecule has 0 unspecified atom stereocenters. The maximum Gasteiger partial charge on any atom is 0.300 e. The fourth-order valence-electron chi connectivity index (χ4n) is 2.77. The molecule has 0 amide bonds. The second-order valence-corrected chi connectivity index (χ2v) is 7.67. The van der Waals surface area contributed by atoms with Crippen molar-refractivity contribution in [1.29, 1.82) is 0 Å². The molecule has 0 aliphatic rings. The monoisotopic (exact) mass is 433 g/mol. The summed E-state index contributed by atoms with van der Waals surface area (Å²) in [6, 6.07) is 5.72. The lowest BCUT2D eigenvalue weighted by atomic mass is 9.86. The maximum absolute atomic E-state index is 11.5. The Labute approximate surface area is 180 Å². The van der Waals surface area contributed by atoms with Crippen molar-refractivity contribution in [1.82, 2.24) is 0 Å². The lowest BCUT2D eigenvalue weighted by molar-refractivity contribution is -0.384. The van der Waals surface area contributed by atoms with Gasteiger partial charge in [-0.15, -0.1) is 10.2 Å². The third kappa shape index (κ3) is 5.82. The van der Waals surface area contributed by atoms with Crippen molar-refractivity contribution in [3.63, 3.8) is 0 Å². The number of phenols is 1. The van der Waals surface area contributed by atoms with E-state index in [1.165, 1.54) is 32.4 Å². The van der Waals surface area contributed by atoms with E-state index in [1.54, 1.807) is 6.07 Å². The maximum atomic E-state index is 11.5. The Balaban J connectivity index is 2.56. The molecule has 0 saturated carbocycles. The van der Waals surface area contributed by atoms with Crippen LogP contribution in [-0.2, 0) is 5.41 Å². The molecule has 0 bridgehead atoms. The van der Waals surface area contributed by atoms with Crippen molar-refractivity contribution in [3.05, 3.63) is 39.9 Å². The van der Waals surface area contributed by atoms with Crippen LogP contribution in [0.3, 0.4) is 0 Å². The van der Waals surface area contributed by atoms with Crippen LogP contribution in [0.25, 0.3) is 0 Å². The number of azo groups is 1. The number of benzene rings is 2. The van der Waals surface area contributed by atoms with Crippen LogP contribution in [0.2, 0.25) is 0 Å². The van der Waals surface area contributed by atoms with Crippen LogP contribution in [0.1, 0.15) is 32.8 Å². The zero-order valence-electron chi connectivity index (χ0n) is 18.2. The molecule has 0 aliphatic carbocycles. The van der Waals surface area contributed by atoms with E-state index in [4.69, 9.17) is 19.3 Å². The van der Waals surface area contributed by atoms with Gasteiger partial charge in [-0.25, -0.2) is 0 Å². The largest absolute Gasteiger partial charge is 0.505 e. The second-order valence-electron chi connectivity index (χ2n) is 7.67. The number of aromatic hydroxyl groups is 1. The van der Waals surface area contributed by atoms with Gasteiger partial charge in [0.1, 0.15) is 17.2 Å². The van der Waals surface area contributed by atoms with Gasteiger partial charge >= 0.3 is 5.69 Å². The highest BCUT2D eigenvalue weighted by atomic mass is 16.6. The number of nitrogens with zero attached hydrogens (tertiary/aromatic N) is 3. The van der Waals surface area contributed by atoms with Crippen molar-refractivity contribution in [2.75, 3.05) is 27.4 Å². The minimum Gasteiger partial charge on any atom is -0.505 e. The molecule has 168 valence electrons. The number of nitro groups is 1. The predicted octanol–water partition coefficient (Wildman–Crippen LogP) is 4.79. The third-order valence-electron chi connectivity index (χ3n) is 4.39. The number of rotatable bonds is 9. The van der Waals surface area contributed by atoms with Gasteiger partial charge in [0, 0.05) is 30.7 Å². The topological polar surface area (TPSA) is 136 Å². The zero-order valence-corrected chi connectivity index (χ0v) is 18.2. The highest BCUT2D eigenvalue weighted by molar-refractivity contribution is 5.66. The molecular weight excluding hydrogens is 406 g/mol. The van der Waals surface area contributed by atoms with Crippen LogP contribution in [0.4, 0.5) is 17.1 Å². The lowest BCUT2D eigenvalue weighted by Gasteiger charge is -2.22. The van der Waals surface area contributed by atoms with Crippen molar-refractivity contribution < 1.29 is 29.3 Å². The molecule has 2 aromatic carbocycles. The molecule has 31 heavy (non-hydrogen) atoms. The Bertz CT molecular complexity index is 968. The molecule has 10 heteroatoms. The zero-order chi connectivity index (χ0) is 23.2. The van der Waals surface area contributed by atoms with E-state index in [9.17, 15) is 15.2 Å². The van der Waals surface area contributed by atoms with Crippen LogP contribution < -0.4 is 14.2 Å². The Kier molecular flexibility index (Phi) is 7.76. The molecule has 0 aromatic heterocycles. The van der Waals surface area contributed by atoms with Gasteiger partial charge < -0.3 is 24.4 Å². The summed E-state index contributed by atoms with van der Waals surface area (Å²) in [6.45, 7) is 6.02. The second kappa shape index (κ2) is 10.1. The summed E-state index contributed by atoms with van der Waals surface area (Å²) in [7, 11) is 2.77. The van der Waals surface area contributed by atoms with Crippen molar-refractivity contribution >= 4 is 17.1 Å². The van der Waals surface area contributed by atoms with Gasteiger partial charge in [0.15, 0.2) is 17.2 Å². The quantitative estimate of drug-likeness (QED) is 0.251. The normalized spacial score (nSPS) is 11.5. The number of phenolic OH excluding ortho intramolecular Hbond substituents is 1. The first kappa shape index (κ1) is 23.9. The van der Waals surface area contributed by atoms with Crippen LogP contribution in [0.15, 0.2) is 34.5 Å². The lowest BCUT2D eigenvalue weighted by Crippen LogP contribution is -2.12. The van der Waals surface area contributed by atoms with E-state index in [-0.39, 0.29) is 47.5 Å². The number of hydrogen-bond acceptors (Lipinski definition) is 9. The van der Waals surface area contributed by atoms with Crippen LogP contribution in [0.5, 0.6) is 23.0 Å². The van der Waals surface area contributed by atoms with Crippen molar-refractivity contribution in [2.24, 2.45) is 10.2 Å². The number of aliphatic hydroxyl groups is 1. The molecule has 0 saturated heterocycles. The minimum atomic E-state index is -0.606. The fourth-order valence-corrected chi connectivity index (χ4v) is 2.77. The number of hydrogen-bond donors (Lipinski definition) is 2. The molecule has 2 aromatic rings. The predicted molar refractivity (Wildman–Crippen MR) is 114 cm³/mol. The van der Waals surface area contributed by atoms with E-state index < -0.39 is 10.3 Å². The Hall–Kier alpha value is -3.40. The van der Waals surface area contributed by atoms with Crippen molar-refractivity contribution in [2.45, 2.75) is 32.6 Å². The SMILES string of the molecule is COc1cc(N=Nc2cc(OCCCO)cc(C(C)(C)C)c2O)c([N+](=O)[O-])cc1OC. The van der Waals surface area contributed by atoms with Gasteiger partial charge in [-0.2, -0.15) is 0 Å². The first-order valence-electron chi connectivity index (χ1n) is 9.55. The van der Waals surface area contributed by atoms with E-state index in [0.29, 0.717) is 17.7 Å². The minimum absolute atomic E-state index is 0.0141. The highest BCUT2D eigenvalue weighted by Crippen LogP contribution is 2.43. The van der Waals surface area contributed by atoms with E-state index in [0.717, 1.165) is 0 Å². The van der Waals surface area contributed by atoms with Crippen LogP contribution in [-0.4, -0.2) is 42.6 Å². The van der Waals surface area contributed by atoms with Gasteiger partial charge in [0.2, 0.25) is 0 Å². The molecule has 0 fully saturated rings. The molecule has 0 atom stereocenters. The molecule has 0 radical (unpaired) electrons. The van der Waals surface area contributed by atoms with E-state index in [1.807, 2.05) is 20.8 Å². The fraction of sp³-hybridized carbons (Fsp3) is 0.429. The Morgan fingerprint density at radius 1 is 1.03 bits per heavy atom. The first-order chi connectivity index (χ1) is 14.6. The summed E-state index contributed by atoms with van der Waals surface area (Å²) < 4.78 is 15.9. The Morgan fingerprint density at radius 3 is 2.19 bits per heavy atom. The van der Waals surface area contributed by atoms with E-state index >= 15 is 0 Å². The van der Waals surface area contributed by atoms with Crippen LogP contribution >= 0.6 is 0 Å². The summed E-state index contributed by atoms with van der Waals surface area (Å²) >= 11 is 0. The molecular formula is C21H27N3O7. The number of aliphatic hydroxyl groups excluding tert-OH is 1. The molecule has 0 heterocycles. The van der Waals surface area contributed by atoms with Crippen molar-refractivity contribution in [3.8, 4) is 23.0 Å². The van der Waals surface area contributed by atoms with Gasteiger partial charge in [0.25, 0.3) is 0 Å². The van der Waals surface area contributed by atoms with E-state index in [2.05, 4.69) is 10.2 Å². The molecule has 10 nitrogen and oxygen atoms in total. The molecule has 0 aliphatic heterocycles. The molecule has 2 rings (SSSR count). The average molecular weight is 433 g/mol. The number of ether oxygens (including phenoxy) is 3. The first-order valence-corrected chi connectivity index (χ1v) is 9.55.